The number of esters is 1. The number of thiazole rings is 1. The van der Waals surface area contributed by atoms with E-state index in [0.717, 1.165) is 23.1 Å². The highest BCUT2D eigenvalue weighted by molar-refractivity contribution is 7.22. The van der Waals surface area contributed by atoms with Crippen LogP contribution in [0.2, 0.25) is 0 Å². The molecular formula is C23H17F4N3O5S. The quantitative estimate of drug-likeness (QED) is 0.243. The Morgan fingerprint density at radius 1 is 1.19 bits per heavy atom. The number of aromatic nitrogens is 3. The van der Waals surface area contributed by atoms with Crippen molar-refractivity contribution in [2.75, 3.05) is 13.2 Å². The van der Waals surface area contributed by atoms with Gasteiger partial charge in [0.05, 0.1) is 22.7 Å². The Kier molecular flexibility index (Phi) is 6.24. The molecule has 36 heavy (non-hydrogen) atoms. The second kappa shape index (κ2) is 9.37. The van der Waals surface area contributed by atoms with Gasteiger partial charge in [-0.15, -0.1) is 11.3 Å². The molecule has 0 unspecified atom stereocenters. The minimum atomic E-state index is -3.06. The van der Waals surface area contributed by atoms with Gasteiger partial charge in [-0.2, -0.15) is 8.78 Å². The summed E-state index contributed by atoms with van der Waals surface area (Å²) in [4.78, 5) is 23.9. The summed E-state index contributed by atoms with van der Waals surface area (Å²) in [7, 11) is 0. The molecule has 0 saturated carbocycles. The smallest absolute Gasteiger partial charge is 0.388 e. The molecule has 2 aromatic heterocycles. The average molecular weight is 523 g/mol. The molecule has 0 amide bonds. The van der Waals surface area contributed by atoms with Gasteiger partial charge < -0.3 is 18.9 Å². The molecule has 1 aliphatic heterocycles. The molecule has 188 valence electrons. The van der Waals surface area contributed by atoms with Gasteiger partial charge in [0.15, 0.2) is 17.6 Å². The number of hydrogen-bond donors (Lipinski definition) is 0. The Hall–Kier alpha value is -3.74. The standard InChI is InChI=1S/C23H17F4N3O5S/c1-9-3-13(17-14(4-9)29-16(6-28-17)35-23(26)27)22-30-18-12(21(24)25)5-15-19(20(18)36-22)33-8-11(34-15)7-32-10(2)31/h3-6,11,21,23H,7-8H2,1-2H3/t11-/m0/s1. The van der Waals surface area contributed by atoms with E-state index in [0.29, 0.717) is 20.8 Å². The van der Waals surface area contributed by atoms with Crippen molar-refractivity contribution in [3.8, 4) is 28.0 Å². The third-order valence-electron chi connectivity index (χ3n) is 5.24. The van der Waals surface area contributed by atoms with Crippen LogP contribution in [-0.4, -0.2) is 46.9 Å². The summed E-state index contributed by atoms with van der Waals surface area (Å²) in [5.41, 5.74) is 1.54. The topological polar surface area (TPSA) is 92.7 Å². The zero-order valence-corrected chi connectivity index (χ0v) is 19.6. The van der Waals surface area contributed by atoms with Gasteiger partial charge in [0.25, 0.3) is 6.43 Å². The SMILES string of the molecule is CC(=O)OC[C@H]1COc2c(cc(C(F)F)c3nc(-c4cc(C)cc5nc(OC(F)F)cnc45)sc23)O1. The van der Waals surface area contributed by atoms with E-state index < -0.39 is 25.1 Å². The van der Waals surface area contributed by atoms with E-state index >= 15 is 0 Å². The van der Waals surface area contributed by atoms with Crippen LogP contribution in [0.15, 0.2) is 24.4 Å². The molecule has 8 nitrogen and oxygen atoms in total. The normalized spacial score (nSPS) is 15.2. The van der Waals surface area contributed by atoms with Crippen molar-refractivity contribution < 1.29 is 41.3 Å². The van der Waals surface area contributed by atoms with Crippen LogP contribution in [-0.2, 0) is 9.53 Å². The van der Waals surface area contributed by atoms with Crippen LogP contribution in [0.5, 0.6) is 17.4 Å². The number of carbonyl (C=O) groups excluding carboxylic acids is 1. The van der Waals surface area contributed by atoms with Crippen molar-refractivity contribution >= 4 is 38.6 Å². The summed E-state index contributed by atoms with van der Waals surface area (Å²) in [6.45, 7) is -0.0787. The number of rotatable bonds is 6. The van der Waals surface area contributed by atoms with Crippen LogP contribution in [0, 0.1) is 6.92 Å². The highest BCUT2D eigenvalue weighted by Gasteiger charge is 2.30. The minimum Gasteiger partial charge on any atom is -0.484 e. The van der Waals surface area contributed by atoms with Crippen molar-refractivity contribution in [2.24, 2.45) is 0 Å². The number of carbonyl (C=O) groups is 1. The first kappa shape index (κ1) is 24.0. The number of nitrogens with zero attached hydrogens (tertiary/aromatic N) is 3. The lowest BCUT2D eigenvalue weighted by molar-refractivity contribution is -0.144. The van der Waals surface area contributed by atoms with Gasteiger partial charge in [0.2, 0.25) is 5.88 Å². The van der Waals surface area contributed by atoms with E-state index in [9.17, 15) is 22.4 Å². The molecule has 0 bridgehead atoms. The van der Waals surface area contributed by atoms with Crippen molar-refractivity contribution in [3.63, 3.8) is 0 Å². The molecule has 5 rings (SSSR count). The second-order valence-electron chi connectivity index (χ2n) is 7.91. The third kappa shape index (κ3) is 4.57. The number of ether oxygens (including phenoxy) is 4. The molecule has 1 atom stereocenters. The summed E-state index contributed by atoms with van der Waals surface area (Å²) in [5.74, 6) is -0.491. The summed E-state index contributed by atoms with van der Waals surface area (Å²) >= 11 is 1.10. The Balaban J connectivity index is 1.62. The highest BCUT2D eigenvalue weighted by atomic mass is 32.1. The van der Waals surface area contributed by atoms with Crippen LogP contribution in [0.3, 0.4) is 0 Å². The van der Waals surface area contributed by atoms with Crippen molar-refractivity contribution in [2.45, 2.75) is 33.0 Å². The number of fused-ring (bicyclic) bond motifs is 4. The van der Waals surface area contributed by atoms with E-state index in [1.54, 1.807) is 19.1 Å². The lowest BCUT2D eigenvalue weighted by atomic mass is 10.1. The first-order valence-electron chi connectivity index (χ1n) is 10.6. The summed E-state index contributed by atoms with van der Waals surface area (Å²) in [5, 5.41) is 0.358. The van der Waals surface area contributed by atoms with Gasteiger partial charge in [0.1, 0.15) is 22.9 Å². The van der Waals surface area contributed by atoms with Gasteiger partial charge in [-0.3, -0.25) is 4.79 Å². The van der Waals surface area contributed by atoms with Crippen molar-refractivity contribution in [1.82, 2.24) is 15.0 Å². The van der Waals surface area contributed by atoms with Crippen LogP contribution >= 0.6 is 11.3 Å². The molecule has 3 heterocycles. The van der Waals surface area contributed by atoms with E-state index in [2.05, 4.69) is 19.7 Å². The number of alkyl halides is 4. The number of benzene rings is 2. The Bertz CT molecular complexity index is 1480. The summed E-state index contributed by atoms with van der Waals surface area (Å²) in [6, 6.07) is 4.57. The molecule has 4 aromatic rings. The Morgan fingerprint density at radius 2 is 2.00 bits per heavy atom. The predicted molar refractivity (Wildman–Crippen MR) is 121 cm³/mol. The molecule has 0 spiro atoms. The van der Waals surface area contributed by atoms with Crippen LogP contribution in [0.1, 0.15) is 24.5 Å². The maximum Gasteiger partial charge on any atom is 0.388 e. The number of hydrogen-bond acceptors (Lipinski definition) is 9. The Morgan fingerprint density at radius 3 is 2.72 bits per heavy atom. The molecule has 0 saturated heterocycles. The fourth-order valence-corrected chi connectivity index (χ4v) is 4.91. The largest absolute Gasteiger partial charge is 0.484 e. The van der Waals surface area contributed by atoms with Gasteiger partial charge in [-0.05, 0) is 30.7 Å². The summed E-state index contributed by atoms with van der Waals surface area (Å²) < 4.78 is 74.4. The van der Waals surface area contributed by atoms with E-state index in [1.165, 1.54) is 13.0 Å². The van der Waals surface area contributed by atoms with Crippen molar-refractivity contribution in [3.05, 3.63) is 35.5 Å². The molecule has 0 N–H and O–H groups in total. The lowest BCUT2D eigenvalue weighted by Gasteiger charge is -2.26. The van der Waals surface area contributed by atoms with Crippen LogP contribution in [0.25, 0.3) is 31.8 Å². The third-order valence-corrected chi connectivity index (χ3v) is 6.33. The van der Waals surface area contributed by atoms with Crippen LogP contribution in [0.4, 0.5) is 17.6 Å². The minimum absolute atomic E-state index is 0.0441. The molecular weight excluding hydrogens is 506 g/mol. The average Bonchev–Trinajstić information content (AvgIpc) is 3.26. The van der Waals surface area contributed by atoms with E-state index in [4.69, 9.17) is 14.2 Å². The summed E-state index contributed by atoms with van der Waals surface area (Å²) in [6.07, 6.45) is -2.45. The van der Waals surface area contributed by atoms with Gasteiger partial charge in [-0.25, -0.2) is 23.7 Å². The zero-order valence-electron chi connectivity index (χ0n) is 18.8. The zero-order chi connectivity index (χ0) is 25.6. The highest BCUT2D eigenvalue weighted by Crippen LogP contribution is 2.48. The maximum absolute atomic E-state index is 14.0. The van der Waals surface area contributed by atoms with Gasteiger partial charge >= 0.3 is 12.6 Å². The molecule has 1 aliphatic rings. The first-order valence-corrected chi connectivity index (χ1v) is 11.4. The molecule has 0 aliphatic carbocycles. The predicted octanol–water partition coefficient (Wildman–Crippen LogP) is 5.46. The first-order chi connectivity index (χ1) is 17.2. The lowest BCUT2D eigenvalue weighted by Crippen LogP contribution is -2.34. The van der Waals surface area contributed by atoms with Gasteiger partial charge in [-0.1, -0.05) is 0 Å². The monoisotopic (exact) mass is 523 g/mol. The second-order valence-corrected chi connectivity index (χ2v) is 8.91. The molecule has 0 radical (unpaired) electrons. The van der Waals surface area contributed by atoms with E-state index in [-0.39, 0.29) is 47.2 Å². The fraction of sp³-hybridized carbons (Fsp3) is 0.304. The molecule has 2 aromatic carbocycles. The fourth-order valence-electron chi connectivity index (χ4n) is 3.80. The number of aryl methyl sites for hydroxylation is 1. The van der Waals surface area contributed by atoms with E-state index in [1.807, 2.05) is 0 Å². The van der Waals surface area contributed by atoms with Crippen LogP contribution < -0.4 is 14.2 Å². The Labute approximate surface area is 204 Å². The van der Waals surface area contributed by atoms with Crippen molar-refractivity contribution in [1.29, 1.82) is 0 Å². The molecule has 13 heteroatoms. The maximum atomic E-state index is 14.0. The molecule has 0 fully saturated rings. The number of halogens is 4. The van der Waals surface area contributed by atoms with Gasteiger partial charge in [0, 0.05) is 18.1 Å².